The molecule has 0 aromatic heterocycles. The van der Waals surface area contributed by atoms with Crippen molar-refractivity contribution in [3.8, 4) is 0 Å². The van der Waals surface area contributed by atoms with Gasteiger partial charge in [-0.15, -0.1) is 0 Å². The lowest BCUT2D eigenvalue weighted by Crippen LogP contribution is -2.26. The van der Waals surface area contributed by atoms with Crippen LogP contribution in [0.15, 0.2) is 60.8 Å². The summed E-state index contributed by atoms with van der Waals surface area (Å²) in [4.78, 5) is 23.6. The van der Waals surface area contributed by atoms with Crippen molar-refractivity contribution in [1.29, 1.82) is 0 Å². The zero-order chi connectivity index (χ0) is 30.1. The summed E-state index contributed by atoms with van der Waals surface area (Å²) in [6, 6.07) is 0. The number of hydrogen-bond donors (Lipinski definition) is 1. The van der Waals surface area contributed by atoms with E-state index in [1.165, 1.54) is 64.2 Å². The average Bonchev–Trinajstić information content (AvgIpc) is 2.96. The first-order chi connectivity index (χ1) is 20.1. The van der Waals surface area contributed by atoms with E-state index in [9.17, 15) is 14.7 Å². The molecule has 234 valence electrons. The summed E-state index contributed by atoms with van der Waals surface area (Å²) >= 11 is 0. The normalized spacial score (nSPS) is 13.0. The van der Waals surface area contributed by atoms with E-state index in [0.717, 1.165) is 57.8 Å². The molecule has 0 aliphatic heterocycles. The van der Waals surface area contributed by atoms with Crippen LogP contribution in [0.1, 0.15) is 155 Å². The highest BCUT2D eigenvalue weighted by atomic mass is 16.6. The predicted octanol–water partition coefficient (Wildman–Crippen LogP) is 11.4. The van der Waals surface area contributed by atoms with Gasteiger partial charge in [-0.2, -0.15) is 0 Å². The predicted molar refractivity (Wildman–Crippen MR) is 176 cm³/mol. The van der Waals surface area contributed by atoms with Gasteiger partial charge in [0.1, 0.15) is 0 Å². The molecule has 41 heavy (non-hydrogen) atoms. The Morgan fingerprint density at radius 1 is 0.561 bits per heavy atom. The highest BCUT2D eigenvalue weighted by Crippen LogP contribution is 2.15. The van der Waals surface area contributed by atoms with Gasteiger partial charge in [-0.25, -0.2) is 4.79 Å². The minimum absolute atomic E-state index is 0.261. The molecule has 0 heterocycles. The van der Waals surface area contributed by atoms with Gasteiger partial charge in [-0.05, 0) is 57.8 Å². The molecule has 0 amide bonds. The van der Waals surface area contributed by atoms with Gasteiger partial charge in [-0.3, -0.25) is 4.79 Å². The number of carbonyl (C=O) groups is 2. The van der Waals surface area contributed by atoms with E-state index in [1.807, 2.05) is 0 Å². The maximum absolute atomic E-state index is 12.1. The Labute approximate surface area is 253 Å². The van der Waals surface area contributed by atoms with E-state index >= 15 is 0 Å². The number of ether oxygens (including phenoxy) is 1. The fraction of sp³-hybridized carbons (Fsp3) is 0.676. The second kappa shape index (κ2) is 32.2. The molecule has 0 aromatic rings. The van der Waals surface area contributed by atoms with Crippen molar-refractivity contribution >= 4 is 11.9 Å². The third-order valence-corrected chi connectivity index (χ3v) is 7.03. The van der Waals surface area contributed by atoms with Crippen molar-refractivity contribution < 1.29 is 19.4 Å². The molecule has 1 N–H and O–H groups in total. The number of rotatable bonds is 29. The van der Waals surface area contributed by atoms with Gasteiger partial charge in [0, 0.05) is 6.42 Å². The first kappa shape index (κ1) is 38.6. The fourth-order valence-corrected chi connectivity index (χ4v) is 4.53. The first-order valence-corrected chi connectivity index (χ1v) is 16.8. The Kier molecular flexibility index (Phi) is 30.3. The highest BCUT2D eigenvalue weighted by molar-refractivity contribution is 5.77. The molecule has 1 atom stereocenters. The molecular weight excluding hydrogens is 508 g/mol. The Morgan fingerprint density at radius 2 is 0.976 bits per heavy atom. The minimum atomic E-state index is -1.03. The van der Waals surface area contributed by atoms with E-state index < -0.39 is 18.0 Å². The van der Waals surface area contributed by atoms with E-state index in [2.05, 4.69) is 74.6 Å². The van der Waals surface area contributed by atoms with Crippen molar-refractivity contribution in [2.45, 2.75) is 161 Å². The van der Waals surface area contributed by atoms with Crippen molar-refractivity contribution in [3.63, 3.8) is 0 Å². The van der Waals surface area contributed by atoms with E-state index in [1.54, 1.807) is 0 Å². The van der Waals surface area contributed by atoms with Crippen LogP contribution in [0.2, 0.25) is 0 Å². The van der Waals surface area contributed by atoms with Crippen LogP contribution in [0.4, 0.5) is 0 Å². The average molecular weight is 571 g/mol. The first-order valence-electron chi connectivity index (χ1n) is 16.8. The zero-order valence-corrected chi connectivity index (χ0v) is 26.6. The fourth-order valence-electron chi connectivity index (χ4n) is 4.53. The molecule has 0 radical (unpaired) electrons. The molecule has 0 bridgehead atoms. The van der Waals surface area contributed by atoms with Crippen molar-refractivity contribution in [1.82, 2.24) is 0 Å². The quantitative estimate of drug-likeness (QED) is 0.0552. The van der Waals surface area contributed by atoms with Crippen LogP contribution in [0.3, 0.4) is 0 Å². The van der Waals surface area contributed by atoms with Gasteiger partial charge in [0.2, 0.25) is 0 Å². The topological polar surface area (TPSA) is 63.6 Å². The van der Waals surface area contributed by atoms with Crippen LogP contribution in [-0.2, 0) is 14.3 Å². The van der Waals surface area contributed by atoms with Crippen LogP contribution in [0.5, 0.6) is 0 Å². The van der Waals surface area contributed by atoms with Crippen LogP contribution < -0.4 is 0 Å². The SMILES string of the molecule is CC/C=C\C/C=C\C/C=C\C/C=C\C/C=C\CCCC(=O)OC(CCCCCCCCCCCCCCC)C(=O)O. The van der Waals surface area contributed by atoms with Gasteiger partial charge in [0.15, 0.2) is 6.10 Å². The number of unbranched alkanes of at least 4 members (excludes halogenated alkanes) is 13. The zero-order valence-electron chi connectivity index (χ0n) is 26.6. The van der Waals surface area contributed by atoms with E-state index in [4.69, 9.17) is 4.74 Å². The van der Waals surface area contributed by atoms with Gasteiger partial charge in [0.25, 0.3) is 0 Å². The molecule has 0 saturated heterocycles. The monoisotopic (exact) mass is 570 g/mol. The Hall–Kier alpha value is -2.36. The number of carboxylic acid groups (broad SMARTS) is 1. The maximum Gasteiger partial charge on any atom is 0.345 e. The van der Waals surface area contributed by atoms with Crippen LogP contribution in [0, 0.1) is 0 Å². The summed E-state index contributed by atoms with van der Waals surface area (Å²) in [6.07, 6.45) is 43.9. The molecule has 4 heteroatoms. The molecule has 1 unspecified atom stereocenters. The minimum Gasteiger partial charge on any atom is -0.479 e. The second-order valence-electron chi connectivity index (χ2n) is 10.9. The molecule has 4 nitrogen and oxygen atoms in total. The van der Waals surface area contributed by atoms with Crippen molar-refractivity contribution in [2.24, 2.45) is 0 Å². The molecule has 0 aliphatic rings. The maximum atomic E-state index is 12.1. The van der Waals surface area contributed by atoms with Crippen LogP contribution in [-0.4, -0.2) is 23.1 Å². The third kappa shape index (κ3) is 30.4. The summed E-state index contributed by atoms with van der Waals surface area (Å²) in [6.45, 7) is 4.40. The summed E-state index contributed by atoms with van der Waals surface area (Å²) in [7, 11) is 0. The lowest BCUT2D eigenvalue weighted by Gasteiger charge is -2.13. The van der Waals surface area contributed by atoms with Crippen molar-refractivity contribution in [3.05, 3.63) is 60.8 Å². The Morgan fingerprint density at radius 3 is 1.41 bits per heavy atom. The highest BCUT2D eigenvalue weighted by Gasteiger charge is 2.21. The summed E-state index contributed by atoms with van der Waals surface area (Å²) in [5.41, 5.74) is 0. The largest absolute Gasteiger partial charge is 0.479 e. The standard InChI is InChI=1S/C37H62O4/c1-3-5-7-9-11-13-15-17-18-19-20-22-24-26-28-30-32-34-36(38)41-35(37(39)40)33-31-29-27-25-23-21-16-14-12-10-8-6-4-2/h5,7,11,13,17-18,20,22,26,28,35H,3-4,6,8-10,12,14-16,19,21,23-25,27,29-34H2,1-2H3,(H,39,40)/b7-5-,13-11-,18-17-,22-20-,28-26-. The van der Waals surface area contributed by atoms with Gasteiger partial charge >= 0.3 is 11.9 Å². The lowest BCUT2D eigenvalue weighted by atomic mass is 10.0. The number of hydrogen-bond acceptors (Lipinski definition) is 3. The molecule has 0 spiro atoms. The lowest BCUT2D eigenvalue weighted by molar-refractivity contribution is -0.164. The molecule has 0 aliphatic carbocycles. The second-order valence-corrected chi connectivity index (χ2v) is 10.9. The van der Waals surface area contributed by atoms with E-state index in [-0.39, 0.29) is 6.42 Å². The molecule has 0 aromatic carbocycles. The van der Waals surface area contributed by atoms with Crippen LogP contribution in [0.25, 0.3) is 0 Å². The Bertz CT molecular complexity index is 744. The molecular formula is C37H62O4. The summed E-state index contributed by atoms with van der Waals surface area (Å²) in [5.74, 6) is -1.44. The summed E-state index contributed by atoms with van der Waals surface area (Å²) in [5, 5.41) is 9.43. The number of carbonyl (C=O) groups excluding carboxylic acids is 1. The number of aliphatic carboxylic acids is 1. The number of esters is 1. The number of allylic oxidation sites excluding steroid dienone is 10. The molecule has 0 saturated carbocycles. The van der Waals surface area contributed by atoms with Gasteiger partial charge < -0.3 is 9.84 Å². The van der Waals surface area contributed by atoms with Gasteiger partial charge in [0.05, 0.1) is 0 Å². The summed E-state index contributed by atoms with van der Waals surface area (Å²) < 4.78 is 5.26. The Balaban J connectivity index is 3.74. The van der Waals surface area contributed by atoms with Gasteiger partial charge in [-0.1, -0.05) is 152 Å². The molecule has 0 rings (SSSR count). The smallest absolute Gasteiger partial charge is 0.345 e. The van der Waals surface area contributed by atoms with Crippen LogP contribution >= 0.6 is 0 Å². The van der Waals surface area contributed by atoms with Crippen molar-refractivity contribution in [2.75, 3.05) is 0 Å². The third-order valence-electron chi connectivity index (χ3n) is 7.03. The van der Waals surface area contributed by atoms with E-state index in [0.29, 0.717) is 12.8 Å². The number of carboxylic acids is 1. The molecule has 0 fully saturated rings.